The zero-order valence-corrected chi connectivity index (χ0v) is 15.8. The Morgan fingerprint density at radius 1 is 1.24 bits per heavy atom. The van der Waals surface area contributed by atoms with E-state index in [0.29, 0.717) is 32.2 Å². The van der Waals surface area contributed by atoms with Crippen molar-refractivity contribution in [1.82, 2.24) is 19.5 Å². The van der Waals surface area contributed by atoms with Gasteiger partial charge in [-0.05, 0) is 0 Å². The second-order valence-electron chi connectivity index (χ2n) is 6.67. The molecule has 0 unspecified atom stereocenters. The van der Waals surface area contributed by atoms with Crippen molar-refractivity contribution in [2.24, 2.45) is 0 Å². The summed E-state index contributed by atoms with van der Waals surface area (Å²) >= 11 is 0.359. The van der Waals surface area contributed by atoms with Crippen LogP contribution in [0.1, 0.15) is 31.9 Å². The standard InChI is InChI=1S/C16H23N5O3Se/c1-25-6-10-12(22)13(23)16(24-10)21-8-19-11-14(17-7-18-15(11)21)20-9-4-2-3-5-9/h7-10,12-13,16,22-23H,2-6H2,1H3,(H,17,18,20)/t10-,12-,13-,16-/m1/s1/i25-4. The number of aliphatic hydroxyl groups excluding tert-OH is 2. The molecule has 0 aromatic carbocycles. The van der Waals surface area contributed by atoms with Crippen LogP contribution in [0.4, 0.5) is 5.82 Å². The number of nitrogens with one attached hydrogen (secondary N) is 1. The molecule has 1 saturated carbocycles. The van der Waals surface area contributed by atoms with E-state index in [9.17, 15) is 10.2 Å². The van der Waals surface area contributed by atoms with Crippen LogP contribution in [0.15, 0.2) is 12.7 Å². The van der Waals surface area contributed by atoms with Crippen molar-refractivity contribution in [3.05, 3.63) is 12.7 Å². The third kappa shape index (κ3) is 3.15. The van der Waals surface area contributed by atoms with Crippen LogP contribution in [0.5, 0.6) is 0 Å². The van der Waals surface area contributed by atoms with Gasteiger partial charge in [0, 0.05) is 0 Å². The van der Waals surface area contributed by atoms with Gasteiger partial charge in [-0.3, -0.25) is 0 Å². The summed E-state index contributed by atoms with van der Waals surface area (Å²) in [6, 6.07) is 0.426. The Morgan fingerprint density at radius 3 is 2.80 bits per heavy atom. The van der Waals surface area contributed by atoms with Crippen LogP contribution in [-0.4, -0.2) is 69.0 Å². The Balaban J connectivity index is 1.62. The molecule has 1 aliphatic carbocycles. The Morgan fingerprint density at radius 2 is 2.04 bits per heavy atom. The molecule has 2 aliphatic rings. The van der Waals surface area contributed by atoms with E-state index in [4.69, 9.17) is 4.74 Å². The Bertz CT molecular complexity index is 736. The Kier molecular flexibility index (Phi) is 4.92. The molecule has 0 amide bonds. The predicted octanol–water partition coefficient (Wildman–Crippen LogP) is 0.971. The van der Waals surface area contributed by atoms with Crippen LogP contribution in [0.2, 0.25) is 11.1 Å². The van der Waals surface area contributed by atoms with Crippen molar-refractivity contribution in [2.75, 3.05) is 5.32 Å². The molecule has 2 aromatic rings. The molecule has 4 rings (SSSR count). The van der Waals surface area contributed by atoms with Gasteiger partial charge in [0.25, 0.3) is 0 Å². The van der Waals surface area contributed by atoms with E-state index in [0.717, 1.165) is 24.0 Å². The van der Waals surface area contributed by atoms with Crippen LogP contribution in [0, 0.1) is 0 Å². The molecule has 3 heterocycles. The number of hydrogen-bond acceptors (Lipinski definition) is 7. The minimum atomic E-state index is -0.994. The summed E-state index contributed by atoms with van der Waals surface area (Å²) in [7, 11) is 0. The number of anilines is 1. The van der Waals surface area contributed by atoms with Crippen molar-refractivity contribution in [1.29, 1.82) is 0 Å². The first-order valence-electron chi connectivity index (χ1n) is 8.63. The van der Waals surface area contributed by atoms with Gasteiger partial charge in [-0.15, -0.1) is 0 Å². The van der Waals surface area contributed by atoms with Crippen LogP contribution in [0.25, 0.3) is 11.2 Å². The van der Waals surface area contributed by atoms with E-state index >= 15 is 0 Å². The second kappa shape index (κ2) is 7.17. The maximum atomic E-state index is 10.4. The first-order valence-corrected chi connectivity index (χ1v) is 11.6. The number of aliphatic hydroxyl groups is 2. The summed E-state index contributed by atoms with van der Waals surface area (Å²) in [6.07, 6.45) is 4.96. The summed E-state index contributed by atoms with van der Waals surface area (Å²) < 4.78 is 7.61. The van der Waals surface area contributed by atoms with Gasteiger partial charge < -0.3 is 0 Å². The van der Waals surface area contributed by atoms with E-state index in [-0.39, 0.29) is 6.10 Å². The fourth-order valence-corrected chi connectivity index (χ4v) is 4.94. The van der Waals surface area contributed by atoms with E-state index in [2.05, 4.69) is 26.1 Å². The number of aromatic nitrogens is 4. The maximum absolute atomic E-state index is 10.4. The van der Waals surface area contributed by atoms with E-state index in [1.54, 1.807) is 10.9 Å². The fraction of sp³-hybridized carbons (Fsp3) is 0.688. The van der Waals surface area contributed by atoms with Gasteiger partial charge in [-0.2, -0.15) is 0 Å². The van der Waals surface area contributed by atoms with E-state index < -0.39 is 18.4 Å². The minimum absolute atomic E-state index is 0.347. The molecular weight excluding hydrogens is 385 g/mol. The summed E-state index contributed by atoms with van der Waals surface area (Å²) in [5.41, 5.74) is 1.28. The van der Waals surface area contributed by atoms with Gasteiger partial charge in [0.1, 0.15) is 0 Å². The number of hydrogen-bond donors (Lipinski definition) is 3. The van der Waals surface area contributed by atoms with Crippen molar-refractivity contribution in [3.63, 3.8) is 0 Å². The first-order chi connectivity index (χ1) is 12.2. The number of imidazole rings is 1. The topological polar surface area (TPSA) is 105 Å². The number of nitrogens with zero attached hydrogens (tertiary/aromatic N) is 4. The molecule has 0 radical (unpaired) electrons. The molecule has 2 fully saturated rings. The molecule has 4 atom stereocenters. The second-order valence-corrected chi connectivity index (χ2v) is 8.58. The van der Waals surface area contributed by atoms with Gasteiger partial charge in [-0.25, -0.2) is 0 Å². The van der Waals surface area contributed by atoms with Gasteiger partial charge in [-0.1, -0.05) is 0 Å². The SMILES string of the molecule is C[75Se]C[C@H]1O[C@@H](n2cnc3c(NC4CCCC4)ncnc32)[C@H](O)[C@@H]1O. The Hall–Kier alpha value is -1.25. The van der Waals surface area contributed by atoms with E-state index in [1.165, 1.54) is 19.2 Å². The first kappa shape index (κ1) is 17.2. The molecule has 136 valence electrons. The average molecular weight is 408 g/mol. The summed E-state index contributed by atoms with van der Waals surface area (Å²) in [5, 5.41) is 24.9. The van der Waals surface area contributed by atoms with Gasteiger partial charge >= 0.3 is 152 Å². The fourth-order valence-electron chi connectivity index (χ4n) is 3.67. The molecular formula is C16H23N5O3Se. The zero-order valence-electron chi connectivity index (χ0n) is 14.1. The van der Waals surface area contributed by atoms with Crippen molar-refractivity contribution in [2.45, 2.75) is 67.4 Å². The summed E-state index contributed by atoms with van der Waals surface area (Å²) in [5.74, 6) is 2.81. The molecule has 9 heteroatoms. The number of fused-ring (bicyclic) bond motifs is 1. The summed E-state index contributed by atoms with van der Waals surface area (Å²) in [6.45, 7) is 0. The van der Waals surface area contributed by atoms with Crippen molar-refractivity contribution in [3.8, 4) is 0 Å². The molecule has 8 nitrogen and oxygen atoms in total. The summed E-state index contributed by atoms with van der Waals surface area (Å²) in [4.78, 5) is 13.1. The normalized spacial score (nSPS) is 30.4. The molecule has 3 N–H and O–H groups in total. The Labute approximate surface area is 152 Å². The van der Waals surface area contributed by atoms with Crippen LogP contribution in [-0.2, 0) is 4.74 Å². The predicted molar refractivity (Wildman–Crippen MR) is 93.6 cm³/mol. The quantitative estimate of drug-likeness (QED) is 0.634. The van der Waals surface area contributed by atoms with Crippen LogP contribution in [0.3, 0.4) is 0 Å². The van der Waals surface area contributed by atoms with Crippen molar-refractivity contribution >= 4 is 31.9 Å². The molecule has 25 heavy (non-hydrogen) atoms. The monoisotopic (exact) mass is 408 g/mol. The number of rotatable bonds is 5. The average Bonchev–Trinajstić information content (AvgIpc) is 3.32. The molecule has 0 bridgehead atoms. The molecule has 1 saturated heterocycles. The van der Waals surface area contributed by atoms with Gasteiger partial charge in [0.15, 0.2) is 0 Å². The zero-order chi connectivity index (χ0) is 17.4. The van der Waals surface area contributed by atoms with Gasteiger partial charge in [0.05, 0.1) is 0 Å². The third-order valence-corrected chi connectivity index (χ3v) is 6.39. The van der Waals surface area contributed by atoms with Crippen LogP contribution < -0.4 is 5.32 Å². The number of ether oxygens (including phenoxy) is 1. The molecule has 1 aliphatic heterocycles. The van der Waals surface area contributed by atoms with E-state index in [1.807, 2.05) is 0 Å². The molecule has 2 aromatic heterocycles. The molecule has 0 spiro atoms. The van der Waals surface area contributed by atoms with Crippen LogP contribution >= 0.6 is 0 Å². The van der Waals surface area contributed by atoms with Gasteiger partial charge in [0.2, 0.25) is 0 Å². The third-order valence-electron chi connectivity index (χ3n) is 5.00. The van der Waals surface area contributed by atoms with Crippen molar-refractivity contribution < 1.29 is 14.9 Å².